The molecule has 6 heteroatoms. The normalized spacial score (nSPS) is 16.1. The molecule has 0 bridgehead atoms. The summed E-state index contributed by atoms with van der Waals surface area (Å²) in [5.74, 6) is -0.764. The number of benzene rings is 2. The van der Waals surface area contributed by atoms with Crippen molar-refractivity contribution in [2.45, 2.75) is 6.92 Å². The van der Waals surface area contributed by atoms with E-state index in [1.165, 1.54) is 0 Å². The van der Waals surface area contributed by atoms with Crippen molar-refractivity contribution >= 4 is 62.1 Å². The monoisotopic (exact) mass is 417 g/mol. The van der Waals surface area contributed by atoms with E-state index in [1.807, 2.05) is 37.3 Å². The number of imide groups is 1. The van der Waals surface area contributed by atoms with Gasteiger partial charge in [0, 0.05) is 10.0 Å². The first-order chi connectivity index (χ1) is 11.5. The van der Waals surface area contributed by atoms with Gasteiger partial charge >= 0.3 is 0 Å². The molecule has 0 aliphatic carbocycles. The quantitative estimate of drug-likeness (QED) is 0.399. The summed E-state index contributed by atoms with van der Waals surface area (Å²) in [5.41, 5.74) is 2.29. The zero-order chi connectivity index (χ0) is 17.3. The summed E-state index contributed by atoms with van der Waals surface area (Å²) in [7, 11) is 0. The first-order valence-electron chi connectivity index (χ1n) is 7.10. The molecule has 2 amide bonds. The molecule has 0 aromatic heterocycles. The fraction of sp³-hybridized carbons (Fsp3) is 0.0556. The largest absolute Gasteiger partial charge is 0.273 e. The van der Waals surface area contributed by atoms with Gasteiger partial charge in [0.05, 0.1) is 4.91 Å². The molecular weight excluding hydrogens is 406 g/mol. The Morgan fingerprint density at radius 3 is 2.58 bits per heavy atom. The van der Waals surface area contributed by atoms with Crippen LogP contribution in [0.5, 0.6) is 0 Å². The van der Waals surface area contributed by atoms with Gasteiger partial charge in [0.2, 0.25) is 0 Å². The molecule has 3 nitrogen and oxygen atoms in total. The lowest BCUT2D eigenvalue weighted by molar-refractivity contribution is -0.120. The third kappa shape index (κ3) is 3.50. The second kappa shape index (κ2) is 7.01. The number of halogens is 1. The van der Waals surface area contributed by atoms with Gasteiger partial charge in [0.15, 0.2) is 4.32 Å². The molecule has 3 rings (SSSR count). The fourth-order valence-electron chi connectivity index (χ4n) is 2.26. The van der Waals surface area contributed by atoms with E-state index in [1.54, 1.807) is 24.3 Å². The van der Waals surface area contributed by atoms with Gasteiger partial charge in [0.1, 0.15) is 0 Å². The van der Waals surface area contributed by atoms with Crippen LogP contribution in [0.4, 0.5) is 0 Å². The SMILES string of the molecule is Cc1cccc(C(=O)N2C(=O)C(=Cc3ccc(Br)cc3)SC2=S)c1. The van der Waals surface area contributed by atoms with Gasteiger partial charge in [-0.1, -0.05) is 69.7 Å². The molecule has 1 heterocycles. The molecule has 1 fully saturated rings. The van der Waals surface area contributed by atoms with Crippen molar-refractivity contribution in [3.8, 4) is 0 Å². The molecule has 0 N–H and O–H groups in total. The van der Waals surface area contributed by atoms with Gasteiger partial charge in [-0.05, 0) is 42.8 Å². The third-order valence-corrected chi connectivity index (χ3v) is 5.26. The highest BCUT2D eigenvalue weighted by molar-refractivity contribution is 9.10. The smallest absolute Gasteiger partial charge is 0.268 e. The highest BCUT2D eigenvalue weighted by Gasteiger charge is 2.37. The lowest BCUT2D eigenvalue weighted by Crippen LogP contribution is -2.34. The lowest BCUT2D eigenvalue weighted by Gasteiger charge is -2.12. The van der Waals surface area contributed by atoms with E-state index in [-0.39, 0.29) is 16.1 Å². The molecule has 120 valence electrons. The number of thiocarbonyl (C=S) groups is 1. The second-order valence-electron chi connectivity index (χ2n) is 5.24. The molecule has 0 atom stereocenters. The number of aryl methyl sites for hydroxylation is 1. The number of carbonyl (C=O) groups excluding carboxylic acids is 2. The highest BCUT2D eigenvalue weighted by atomic mass is 79.9. The Kier molecular flexibility index (Phi) is 4.99. The lowest BCUT2D eigenvalue weighted by atomic mass is 10.1. The summed E-state index contributed by atoms with van der Waals surface area (Å²) >= 11 is 9.76. The van der Waals surface area contributed by atoms with Crippen LogP contribution in [0.15, 0.2) is 57.9 Å². The molecule has 1 aliphatic rings. The van der Waals surface area contributed by atoms with E-state index in [9.17, 15) is 9.59 Å². The van der Waals surface area contributed by atoms with Crippen LogP contribution in [0.3, 0.4) is 0 Å². The van der Waals surface area contributed by atoms with Crippen molar-refractivity contribution in [2.75, 3.05) is 0 Å². The molecule has 0 saturated carbocycles. The van der Waals surface area contributed by atoms with Gasteiger partial charge in [-0.3, -0.25) is 9.59 Å². The molecule has 0 spiro atoms. The average molecular weight is 418 g/mol. The zero-order valence-corrected chi connectivity index (χ0v) is 15.9. The van der Waals surface area contributed by atoms with Crippen LogP contribution in [0.1, 0.15) is 21.5 Å². The standard InChI is InChI=1S/C18H12BrNO2S2/c1-11-3-2-4-13(9-11)16(21)20-17(22)15(24-18(20)23)10-12-5-7-14(19)8-6-12/h2-10H,1H3. The second-order valence-corrected chi connectivity index (χ2v) is 7.83. The van der Waals surface area contributed by atoms with Crippen molar-refractivity contribution < 1.29 is 9.59 Å². The van der Waals surface area contributed by atoms with Gasteiger partial charge in [-0.25, -0.2) is 4.90 Å². The number of thioether (sulfide) groups is 1. The maximum Gasteiger partial charge on any atom is 0.273 e. The molecular formula is C18H12BrNO2S2. The van der Waals surface area contributed by atoms with Crippen molar-refractivity contribution in [1.82, 2.24) is 4.90 Å². The van der Waals surface area contributed by atoms with Crippen molar-refractivity contribution in [1.29, 1.82) is 0 Å². The van der Waals surface area contributed by atoms with Crippen molar-refractivity contribution in [3.63, 3.8) is 0 Å². The van der Waals surface area contributed by atoms with E-state index in [0.717, 1.165) is 32.3 Å². The van der Waals surface area contributed by atoms with Crippen LogP contribution in [0.25, 0.3) is 6.08 Å². The Morgan fingerprint density at radius 1 is 1.21 bits per heavy atom. The summed E-state index contributed by atoms with van der Waals surface area (Å²) < 4.78 is 1.22. The van der Waals surface area contributed by atoms with Crippen LogP contribution in [-0.4, -0.2) is 21.0 Å². The van der Waals surface area contributed by atoms with Gasteiger partial charge in [-0.15, -0.1) is 0 Å². The van der Waals surface area contributed by atoms with Crippen LogP contribution in [0.2, 0.25) is 0 Å². The molecule has 1 saturated heterocycles. The van der Waals surface area contributed by atoms with Gasteiger partial charge in [-0.2, -0.15) is 0 Å². The van der Waals surface area contributed by atoms with Crippen molar-refractivity contribution in [3.05, 3.63) is 74.6 Å². The van der Waals surface area contributed by atoms with E-state index in [2.05, 4.69) is 15.9 Å². The molecule has 2 aromatic carbocycles. The zero-order valence-electron chi connectivity index (χ0n) is 12.7. The summed E-state index contributed by atoms with van der Waals surface area (Å²) in [5, 5.41) is 0. The Bertz CT molecular complexity index is 875. The van der Waals surface area contributed by atoms with Crippen LogP contribution in [0, 0.1) is 6.92 Å². The molecule has 2 aromatic rings. The highest BCUT2D eigenvalue weighted by Crippen LogP contribution is 2.33. The predicted molar refractivity (Wildman–Crippen MR) is 105 cm³/mol. The fourth-order valence-corrected chi connectivity index (χ4v) is 3.78. The topological polar surface area (TPSA) is 37.4 Å². The Labute approximate surface area is 157 Å². The summed E-state index contributed by atoms with van der Waals surface area (Å²) in [6.07, 6.45) is 1.75. The van der Waals surface area contributed by atoms with E-state index < -0.39 is 0 Å². The Balaban J connectivity index is 1.89. The first-order valence-corrected chi connectivity index (χ1v) is 9.12. The van der Waals surface area contributed by atoms with Crippen LogP contribution in [-0.2, 0) is 4.79 Å². The molecule has 0 unspecified atom stereocenters. The molecule has 0 radical (unpaired) electrons. The maximum atomic E-state index is 12.6. The number of hydrogen-bond acceptors (Lipinski definition) is 4. The average Bonchev–Trinajstić information content (AvgIpc) is 2.83. The third-order valence-electron chi connectivity index (χ3n) is 3.43. The van der Waals surface area contributed by atoms with Crippen molar-refractivity contribution in [2.24, 2.45) is 0 Å². The minimum Gasteiger partial charge on any atom is -0.268 e. The predicted octanol–water partition coefficient (Wildman–Crippen LogP) is 4.80. The summed E-state index contributed by atoms with van der Waals surface area (Å²) in [6.45, 7) is 1.90. The number of rotatable bonds is 2. The number of amides is 2. The first kappa shape index (κ1) is 17.1. The van der Waals surface area contributed by atoms with Crippen LogP contribution >= 0.6 is 39.9 Å². The summed E-state index contributed by atoms with van der Waals surface area (Å²) in [4.78, 5) is 26.8. The van der Waals surface area contributed by atoms with Gasteiger partial charge < -0.3 is 0 Å². The Hall–Kier alpha value is -1.76. The minimum absolute atomic E-state index is 0.259. The molecule has 24 heavy (non-hydrogen) atoms. The molecule has 1 aliphatic heterocycles. The number of hydrogen-bond donors (Lipinski definition) is 0. The number of carbonyl (C=O) groups is 2. The van der Waals surface area contributed by atoms with E-state index >= 15 is 0 Å². The van der Waals surface area contributed by atoms with E-state index in [0.29, 0.717) is 10.5 Å². The van der Waals surface area contributed by atoms with Crippen LogP contribution < -0.4 is 0 Å². The minimum atomic E-state index is -0.389. The summed E-state index contributed by atoms with van der Waals surface area (Å²) in [6, 6.07) is 14.7. The maximum absolute atomic E-state index is 12.6. The Morgan fingerprint density at radius 2 is 1.92 bits per heavy atom. The van der Waals surface area contributed by atoms with Gasteiger partial charge in [0.25, 0.3) is 11.8 Å². The van der Waals surface area contributed by atoms with E-state index in [4.69, 9.17) is 12.2 Å². The number of nitrogens with zero attached hydrogens (tertiary/aromatic N) is 1.